The molecule has 1 atom stereocenters. The van der Waals surface area contributed by atoms with Crippen molar-refractivity contribution < 1.29 is 9.21 Å². The number of alkyl halides is 1. The van der Waals surface area contributed by atoms with Crippen molar-refractivity contribution in [1.29, 1.82) is 0 Å². The molecule has 3 nitrogen and oxygen atoms in total. The van der Waals surface area contributed by atoms with E-state index in [4.69, 9.17) is 4.42 Å². The second-order valence-electron chi connectivity index (χ2n) is 5.36. The van der Waals surface area contributed by atoms with Gasteiger partial charge in [-0.05, 0) is 35.7 Å². The zero-order chi connectivity index (χ0) is 15.0. The molecule has 2 heterocycles. The standard InChI is InChI=1S/C17H18BrNO2/c1-3-13-6-8-15(21-13)17(18)12-4-7-14-11(10-12)5-9-16(20)19(14)2/h4,6-8,10,17H,3,5,9H2,1-2H3. The first-order chi connectivity index (χ1) is 10.1. The Labute approximate surface area is 133 Å². The summed E-state index contributed by atoms with van der Waals surface area (Å²) in [5.41, 5.74) is 3.40. The van der Waals surface area contributed by atoms with Crippen molar-refractivity contribution in [3.05, 3.63) is 53.0 Å². The fourth-order valence-corrected chi connectivity index (χ4v) is 3.25. The van der Waals surface area contributed by atoms with Gasteiger partial charge >= 0.3 is 0 Å². The van der Waals surface area contributed by atoms with Crippen molar-refractivity contribution in [3.8, 4) is 0 Å². The second kappa shape index (κ2) is 5.68. The van der Waals surface area contributed by atoms with Gasteiger partial charge in [-0.2, -0.15) is 0 Å². The summed E-state index contributed by atoms with van der Waals surface area (Å²) in [5.74, 6) is 2.11. The number of furan rings is 1. The lowest BCUT2D eigenvalue weighted by Crippen LogP contribution is -2.31. The number of hydrogen-bond acceptors (Lipinski definition) is 2. The van der Waals surface area contributed by atoms with Crippen molar-refractivity contribution >= 4 is 27.5 Å². The van der Waals surface area contributed by atoms with E-state index in [0.717, 1.165) is 35.6 Å². The molecular formula is C17H18BrNO2. The first-order valence-corrected chi connectivity index (χ1v) is 8.13. The zero-order valence-electron chi connectivity index (χ0n) is 12.2. The van der Waals surface area contributed by atoms with E-state index in [1.54, 1.807) is 4.90 Å². The molecule has 0 fully saturated rings. The van der Waals surface area contributed by atoms with Crippen LogP contribution in [0.15, 0.2) is 34.7 Å². The van der Waals surface area contributed by atoms with Gasteiger partial charge in [-0.1, -0.05) is 35.0 Å². The minimum absolute atomic E-state index is 0.0473. The maximum atomic E-state index is 11.7. The van der Waals surface area contributed by atoms with Crippen molar-refractivity contribution in [2.45, 2.75) is 31.0 Å². The molecule has 1 aromatic carbocycles. The SMILES string of the molecule is CCc1ccc(C(Br)c2ccc3c(c2)CCC(=O)N3C)o1. The number of benzene rings is 1. The monoisotopic (exact) mass is 347 g/mol. The maximum absolute atomic E-state index is 11.7. The van der Waals surface area contributed by atoms with E-state index in [1.807, 2.05) is 25.2 Å². The Bertz CT molecular complexity index is 677. The molecule has 1 unspecified atom stereocenters. The molecule has 0 saturated heterocycles. The highest BCUT2D eigenvalue weighted by Crippen LogP contribution is 2.36. The highest BCUT2D eigenvalue weighted by Gasteiger charge is 2.23. The first-order valence-electron chi connectivity index (χ1n) is 7.22. The van der Waals surface area contributed by atoms with Crippen molar-refractivity contribution in [2.75, 3.05) is 11.9 Å². The minimum Gasteiger partial charge on any atom is -0.465 e. The van der Waals surface area contributed by atoms with Gasteiger partial charge in [0, 0.05) is 25.6 Å². The van der Waals surface area contributed by atoms with E-state index in [0.29, 0.717) is 6.42 Å². The lowest BCUT2D eigenvalue weighted by molar-refractivity contribution is -0.118. The molecule has 0 spiro atoms. The Morgan fingerprint density at radius 3 is 2.81 bits per heavy atom. The summed E-state index contributed by atoms with van der Waals surface area (Å²) in [6.07, 6.45) is 2.29. The quantitative estimate of drug-likeness (QED) is 0.778. The molecule has 2 aromatic rings. The molecule has 1 aliphatic heterocycles. The van der Waals surface area contributed by atoms with E-state index in [-0.39, 0.29) is 10.7 Å². The van der Waals surface area contributed by atoms with Gasteiger partial charge in [0.15, 0.2) is 0 Å². The largest absolute Gasteiger partial charge is 0.465 e. The number of fused-ring (bicyclic) bond motifs is 1. The van der Waals surface area contributed by atoms with Gasteiger partial charge in [0.05, 0.1) is 4.83 Å². The molecule has 110 valence electrons. The van der Waals surface area contributed by atoms with Gasteiger partial charge in [0.1, 0.15) is 11.5 Å². The number of amides is 1. The fraction of sp³-hybridized carbons (Fsp3) is 0.353. The van der Waals surface area contributed by atoms with Crippen molar-refractivity contribution in [2.24, 2.45) is 0 Å². The average molecular weight is 348 g/mol. The van der Waals surface area contributed by atoms with E-state index in [2.05, 4.69) is 35.0 Å². The van der Waals surface area contributed by atoms with E-state index < -0.39 is 0 Å². The number of carbonyl (C=O) groups excluding carboxylic acids is 1. The topological polar surface area (TPSA) is 33.5 Å². The molecule has 0 bridgehead atoms. The van der Waals surface area contributed by atoms with Crippen LogP contribution in [0.5, 0.6) is 0 Å². The molecule has 4 heteroatoms. The predicted octanol–water partition coefficient (Wildman–Crippen LogP) is 4.24. The highest BCUT2D eigenvalue weighted by molar-refractivity contribution is 9.09. The zero-order valence-corrected chi connectivity index (χ0v) is 13.8. The summed E-state index contributed by atoms with van der Waals surface area (Å²) in [4.78, 5) is 13.5. The molecule has 3 rings (SSSR count). The summed E-state index contributed by atoms with van der Waals surface area (Å²) in [7, 11) is 1.84. The van der Waals surface area contributed by atoms with Crippen LogP contribution in [0, 0.1) is 0 Å². The van der Waals surface area contributed by atoms with Gasteiger partial charge in [-0.25, -0.2) is 0 Å². The number of nitrogens with zero attached hydrogens (tertiary/aromatic N) is 1. The van der Waals surface area contributed by atoms with Gasteiger partial charge < -0.3 is 9.32 Å². The lowest BCUT2D eigenvalue weighted by Gasteiger charge is -2.26. The molecule has 0 aliphatic carbocycles. The average Bonchev–Trinajstić information content (AvgIpc) is 2.99. The molecule has 1 amide bonds. The summed E-state index contributed by atoms with van der Waals surface area (Å²) < 4.78 is 5.82. The van der Waals surface area contributed by atoms with Gasteiger partial charge in [0.25, 0.3) is 0 Å². The van der Waals surface area contributed by atoms with Crippen LogP contribution in [0.25, 0.3) is 0 Å². The molecule has 0 N–H and O–H groups in total. The van der Waals surface area contributed by atoms with Crippen molar-refractivity contribution in [1.82, 2.24) is 0 Å². The molecule has 21 heavy (non-hydrogen) atoms. The third-order valence-corrected chi connectivity index (χ3v) is 5.00. The minimum atomic E-state index is 0.0473. The lowest BCUT2D eigenvalue weighted by atomic mass is 9.97. The number of anilines is 1. The smallest absolute Gasteiger partial charge is 0.227 e. The number of carbonyl (C=O) groups is 1. The Morgan fingerprint density at radius 2 is 2.10 bits per heavy atom. The summed E-state index contributed by atoms with van der Waals surface area (Å²) in [6.45, 7) is 2.08. The third-order valence-electron chi connectivity index (χ3n) is 4.02. The number of aryl methyl sites for hydroxylation is 2. The predicted molar refractivity (Wildman–Crippen MR) is 87.0 cm³/mol. The van der Waals surface area contributed by atoms with Crippen LogP contribution >= 0.6 is 15.9 Å². The van der Waals surface area contributed by atoms with Crippen LogP contribution in [-0.4, -0.2) is 13.0 Å². The molecule has 0 radical (unpaired) electrons. The van der Waals surface area contributed by atoms with Crippen LogP contribution in [0.1, 0.15) is 40.8 Å². The van der Waals surface area contributed by atoms with Crippen molar-refractivity contribution in [3.63, 3.8) is 0 Å². The van der Waals surface area contributed by atoms with Gasteiger partial charge in [0.2, 0.25) is 5.91 Å². The molecular weight excluding hydrogens is 330 g/mol. The van der Waals surface area contributed by atoms with Gasteiger partial charge in [-0.15, -0.1) is 0 Å². The van der Waals surface area contributed by atoms with Crippen LogP contribution in [-0.2, 0) is 17.6 Å². The summed E-state index contributed by atoms with van der Waals surface area (Å²) in [5, 5.41) is 0. The Kier molecular flexibility index (Phi) is 3.89. The van der Waals surface area contributed by atoms with Crippen LogP contribution < -0.4 is 4.90 Å². The molecule has 0 saturated carbocycles. The Balaban J connectivity index is 1.91. The Morgan fingerprint density at radius 1 is 1.29 bits per heavy atom. The van der Waals surface area contributed by atoms with Gasteiger partial charge in [-0.3, -0.25) is 4.79 Å². The third kappa shape index (κ3) is 2.64. The molecule has 1 aromatic heterocycles. The van der Waals surface area contributed by atoms with Crippen LogP contribution in [0.4, 0.5) is 5.69 Å². The number of halogens is 1. The van der Waals surface area contributed by atoms with Crippen LogP contribution in [0.3, 0.4) is 0 Å². The van der Waals surface area contributed by atoms with Crippen LogP contribution in [0.2, 0.25) is 0 Å². The maximum Gasteiger partial charge on any atom is 0.227 e. The fourth-order valence-electron chi connectivity index (χ4n) is 2.72. The van der Waals surface area contributed by atoms with E-state index in [1.165, 1.54) is 5.56 Å². The first kappa shape index (κ1) is 14.4. The Hall–Kier alpha value is -1.55. The molecule has 1 aliphatic rings. The normalized spacial score (nSPS) is 16.0. The number of rotatable bonds is 3. The number of hydrogen-bond donors (Lipinski definition) is 0. The second-order valence-corrected chi connectivity index (χ2v) is 6.28. The highest BCUT2D eigenvalue weighted by atomic mass is 79.9. The summed E-state index contributed by atoms with van der Waals surface area (Å²) in [6, 6.07) is 10.3. The van der Waals surface area contributed by atoms with E-state index >= 15 is 0 Å². The summed E-state index contributed by atoms with van der Waals surface area (Å²) >= 11 is 3.72. The van der Waals surface area contributed by atoms with E-state index in [9.17, 15) is 4.79 Å².